The molecule has 9 heteroatoms. The number of carbonyl (C=O) groups is 1. The number of carbonyl (C=O) groups excluding carboxylic acids is 1. The van der Waals surface area contributed by atoms with Gasteiger partial charge in [0.15, 0.2) is 0 Å². The Labute approximate surface area is 109 Å². The van der Waals surface area contributed by atoms with Crippen molar-refractivity contribution in [2.24, 2.45) is 0 Å². The van der Waals surface area contributed by atoms with Crippen molar-refractivity contribution in [2.75, 3.05) is 6.61 Å². The first kappa shape index (κ1) is 15.6. The number of esters is 1. The summed E-state index contributed by atoms with van der Waals surface area (Å²) in [7, 11) is 0. The Hall–Kier alpha value is -1.44. The van der Waals surface area contributed by atoms with Crippen molar-refractivity contribution in [3.8, 4) is 0 Å². The smallest absolute Gasteiger partial charge is 0.417 e. The predicted molar refractivity (Wildman–Crippen MR) is 54.8 cm³/mol. The molecule has 1 rings (SSSR count). The number of pyridine rings is 1. The summed E-state index contributed by atoms with van der Waals surface area (Å²) in [5.74, 6) is -6.14. The van der Waals surface area contributed by atoms with Crippen molar-refractivity contribution >= 4 is 17.6 Å². The molecule has 0 saturated carbocycles. The van der Waals surface area contributed by atoms with E-state index in [0.29, 0.717) is 0 Å². The van der Waals surface area contributed by atoms with Gasteiger partial charge >= 0.3 is 18.1 Å². The average Bonchev–Trinajstić information content (AvgIpc) is 2.27. The Morgan fingerprint density at radius 3 is 2.37 bits per heavy atom. The van der Waals surface area contributed by atoms with Crippen LogP contribution in [0.4, 0.5) is 22.0 Å². The van der Waals surface area contributed by atoms with Gasteiger partial charge < -0.3 is 4.74 Å². The molecule has 0 bridgehead atoms. The maximum Gasteiger partial charge on any atom is 0.417 e. The van der Waals surface area contributed by atoms with Crippen molar-refractivity contribution in [3.05, 3.63) is 28.5 Å². The molecule has 0 aliphatic carbocycles. The van der Waals surface area contributed by atoms with Gasteiger partial charge in [-0.05, 0) is 13.0 Å². The number of halogens is 6. The lowest BCUT2D eigenvalue weighted by atomic mass is 10.2. The van der Waals surface area contributed by atoms with Gasteiger partial charge in [0.05, 0.1) is 17.2 Å². The fraction of sp³-hybridized carbons (Fsp3) is 0.400. The van der Waals surface area contributed by atoms with Crippen LogP contribution in [0.3, 0.4) is 0 Å². The van der Waals surface area contributed by atoms with Crippen LogP contribution in [0.2, 0.25) is 5.02 Å². The van der Waals surface area contributed by atoms with Gasteiger partial charge in [0, 0.05) is 6.20 Å². The molecule has 0 unspecified atom stereocenters. The summed E-state index contributed by atoms with van der Waals surface area (Å²) < 4.78 is 68.0. The van der Waals surface area contributed by atoms with Gasteiger partial charge in [-0.3, -0.25) is 4.98 Å². The number of hydrogen-bond acceptors (Lipinski definition) is 3. The van der Waals surface area contributed by atoms with Crippen LogP contribution in [-0.4, -0.2) is 17.6 Å². The molecule has 0 spiro atoms. The highest BCUT2D eigenvalue weighted by molar-refractivity contribution is 6.31. The van der Waals surface area contributed by atoms with Crippen LogP contribution in [-0.2, 0) is 21.6 Å². The molecule has 19 heavy (non-hydrogen) atoms. The van der Waals surface area contributed by atoms with Crippen molar-refractivity contribution in [2.45, 2.75) is 19.0 Å². The van der Waals surface area contributed by atoms with Crippen LogP contribution in [0.5, 0.6) is 0 Å². The third-order valence-corrected chi connectivity index (χ3v) is 2.29. The summed E-state index contributed by atoms with van der Waals surface area (Å²) in [6.07, 6.45) is -4.59. The molecule has 0 radical (unpaired) electrons. The molecule has 3 nitrogen and oxygen atoms in total. The first-order valence-electron chi connectivity index (χ1n) is 4.89. The number of aromatic nitrogens is 1. The first-order valence-corrected chi connectivity index (χ1v) is 5.26. The van der Waals surface area contributed by atoms with Crippen molar-refractivity contribution in [3.63, 3.8) is 0 Å². The van der Waals surface area contributed by atoms with Crippen LogP contribution in [0, 0.1) is 0 Å². The van der Waals surface area contributed by atoms with Gasteiger partial charge in [0.2, 0.25) is 0 Å². The molecule has 0 aliphatic heterocycles. The Kier molecular flexibility index (Phi) is 4.34. The molecule has 0 amide bonds. The standard InChI is InChI=1S/C10H7ClF5NO2/c1-2-19-8(18)9(12,13)7-6(11)3-5(4-17-7)10(14,15)16/h3-4H,2H2,1H3. The van der Waals surface area contributed by atoms with Crippen LogP contribution in [0.25, 0.3) is 0 Å². The molecule has 1 aromatic heterocycles. The van der Waals surface area contributed by atoms with E-state index < -0.39 is 34.3 Å². The summed E-state index contributed by atoms with van der Waals surface area (Å²) in [6.45, 7) is 0.989. The van der Waals surface area contributed by atoms with E-state index in [4.69, 9.17) is 11.6 Å². The number of ether oxygens (including phenoxy) is 1. The van der Waals surface area contributed by atoms with Crippen LogP contribution < -0.4 is 0 Å². The SMILES string of the molecule is CCOC(=O)C(F)(F)c1ncc(C(F)(F)F)cc1Cl. The lowest BCUT2D eigenvalue weighted by molar-refractivity contribution is -0.173. The van der Waals surface area contributed by atoms with Crippen LogP contribution in [0.1, 0.15) is 18.2 Å². The molecule has 1 aromatic rings. The fourth-order valence-electron chi connectivity index (χ4n) is 1.14. The minimum Gasteiger partial charge on any atom is -0.461 e. The van der Waals surface area contributed by atoms with Gasteiger partial charge in [-0.25, -0.2) is 4.79 Å². The molecule has 0 aromatic carbocycles. The highest BCUT2D eigenvalue weighted by Gasteiger charge is 2.46. The normalized spacial score (nSPS) is 12.4. The van der Waals surface area contributed by atoms with Crippen LogP contribution >= 0.6 is 11.6 Å². The third-order valence-electron chi connectivity index (χ3n) is 2.00. The van der Waals surface area contributed by atoms with Crippen molar-refractivity contribution in [1.82, 2.24) is 4.98 Å². The molecule has 1 heterocycles. The Morgan fingerprint density at radius 2 is 1.95 bits per heavy atom. The highest BCUT2D eigenvalue weighted by atomic mass is 35.5. The number of nitrogens with zero attached hydrogens (tertiary/aromatic N) is 1. The van der Waals surface area contributed by atoms with Gasteiger partial charge in [-0.15, -0.1) is 0 Å². The largest absolute Gasteiger partial charge is 0.461 e. The molecule has 0 fully saturated rings. The Balaban J connectivity index is 3.19. The second kappa shape index (κ2) is 5.28. The lowest BCUT2D eigenvalue weighted by Crippen LogP contribution is -2.30. The van der Waals surface area contributed by atoms with Gasteiger partial charge in [-0.2, -0.15) is 22.0 Å². The maximum absolute atomic E-state index is 13.5. The number of rotatable bonds is 3. The van der Waals surface area contributed by atoms with E-state index in [9.17, 15) is 26.7 Å². The minimum atomic E-state index is -4.77. The monoisotopic (exact) mass is 303 g/mol. The molecule has 0 aliphatic rings. The van der Waals surface area contributed by atoms with E-state index in [1.807, 2.05) is 0 Å². The van der Waals surface area contributed by atoms with Crippen molar-refractivity contribution < 1.29 is 31.5 Å². The Morgan fingerprint density at radius 1 is 1.37 bits per heavy atom. The topological polar surface area (TPSA) is 39.2 Å². The highest BCUT2D eigenvalue weighted by Crippen LogP contribution is 2.36. The molecule has 0 saturated heterocycles. The molecular formula is C10H7ClF5NO2. The van der Waals surface area contributed by atoms with E-state index in [1.54, 1.807) is 0 Å². The van der Waals surface area contributed by atoms with Crippen molar-refractivity contribution in [1.29, 1.82) is 0 Å². The summed E-state index contributed by atoms with van der Waals surface area (Å²) in [5.41, 5.74) is -2.57. The molecule has 0 N–H and O–H groups in total. The van der Waals surface area contributed by atoms with E-state index in [-0.39, 0.29) is 18.9 Å². The van der Waals surface area contributed by atoms with E-state index in [2.05, 4.69) is 9.72 Å². The zero-order chi connectivity index (χ0) is 14.8. The zero-order valence-electron chi connectivity index (χ0n) is 9.39. The quantitative estimate of drug-likeness (QED) is 0.634. The predicted octanol–water partition coefficient (Wildman–Crippen LogP) is 3.41. The minimum absolute atomic E-state index is 0.175. The van der Waals surface area contributed by atoms with Gasteiger partial charge in [0.25, 0.3) is 0 Å². The number of hydrogen-bond donors (Lipinski definition) is 0. The maximum atomic E-state index is 13.5. The van der Waals surface area contributed by atoms with Gasteiger partial charge in [0.1, 0.15) is 5.69 Å². The third kappa shape index (κ3) is 3.31. The Bertz CT molecular complexity index is 489. The summed E-state index contributed by atoms with van der Waals surface area (Å²) in [6, 6.07) is 0.275. The van der Waals surface area contributed by atoms with E-state index in [0.717, 1.165) is 0 Å². The summed E-state index contributed by atoms with van der Waals surface area (Å²) in [5, 5.41) is -0.965. The van der Waals surface area contributed by atoms with E-state index >= 15 is 0 Å². The molecular weight excluding hydrogens is 297 g/mol. The summed E-state index contributed by atoms with van der Waals surface area (Å²) >= 11 is 5.31. The van der Waals surface area contributed by atoms with Crippen LogP contribution in [0.15, 0.2) is 12.3 Å². The lowest BCUT2D eigenvalue weighted by Gasteiger charge is -2.16. The number of alkyl halides is 5. The second-order valence-electron chi connectivity index (χ2n) is 3.35. The fourth-order valence-corrected chi connectivity index (χ4v) is 1.43. The van der Waals surface area contributed by atoms with E-state index in [1.165, 1.54) is 6.92 Å². The first-order chi connectivity index (χ1) is 8.60. The zero-order valence-corrected chi connectivity index (χ0v) is 10.1. The molecule has 0 atom stereocenters. The molecule has 106 valence electrons. The second-order valence-corrected chi connectivity index (χ2v) is 3.75. The summed E-state index contributed by atoms with van der Waals surface area (Å²) in [4.78, 5) is 13.9. The average molecular weight is 304 g/mol. The van der Waals surface area contributed by atoms with Gasteiger partial charge in [-0.1, -0.05) is 11.6 Å².